The van der Waals surface area contributed by atoms with Crippen LogP contribution in [0.1, 0.15) is 41.3 Å². The van der Waals surface area contributed by atoms with Gasteiger partial charge < -0.3 is 9.32 Å². The first-order chi connectivity index (χ1) is 16.6. The molecule has 1 amide bonds. The van der Waals surface area contributed by atoms with Crippen LogP contribution in [0.2, 0.25) is 0 Å². The average Bonchev–Trinajstić information content (AvgIpc) is 3.39. The molecule has 5 rings (SSSR count). The van der Waals surface area contributed by atoms with E-state index in [2.05, 4.69) is 0 Å². The van der Waals surface area contributed by atoms with E-state index in [1.807, 2.05) is 73.7 Å². The number of rotatable bonds is 6. The van der Waals surface area contributed by atoms with E-state index in [-0.39, 0.29) is 18.0 Å². The summed E-state index contributed by atoms with van der Waals surface area (Å²) in [5, 5.41) is 2.62. The highest BCUT2D eigenvalue weighted by atomic mass is 16.3. The SMILES string of the molecule is CCC(c1nc2ccccc2c(=O)n1C)N(Cc1ccco1)C(=O)c1ccc2ccccc2c1. The third-order valence-electron chi connectivity index (χ3n) is 6.24. The molecule has 2 heterocycles. The van der Waals surface area contributed by atoms with Gasteiger partial charge in [0.05, 0.1) is 29.8 Å². The highest BCUT2D eigenvalue weighted by Gasteiger charge is 2.29. The van der Waals surface area contributed by atoms with Crippen LogP contribution >= 0.6 is 0 Å². The van der Waals surface area contributed by atoms with Crippen molar-refractivity contribution >= 4 is 27.6 Å². The maximum Gasteiger partial charge on any atom is 0.261 e. The Hall–Kier alpha value is -4.19. The largest absolute Gasteiger partial charge is 0.467 e. The number of fused-ring (bicyclic) bond motifs is 2. The Bertz CT molecular complexity index is 1540. The maximum absolute atomic E-state index is 13.9. The highest BCUT2D eigenvalue weighted by molar-refractivity contribution is 5.98. The molecule has 5 aromatic rings. The minimum absolute atomic E-state index is 0.129. The van der Waals surface area contributed by atoms with Crippen LogP contribution in [-0.4, -0.2) is 20.4 Å². The summed E-state index contributed by atoms with van der Waals surface area (Å²) in [5.74, 6) is 1.07. The molecule has 34 heavy (non-hydrogen) atoms. The van der Waals surface area contributed by atoms with Crippen LogP contribution in [0.15, 0.2) is 94.3 Å². The Balaban J connectivity index is 1.63. The lowest BCUT2D eigenvalue weighted by Gasteiger charge is -2.31. The van der Waals surface area contributed by atoms with Crippen molar-refractivity contribution in [2.75, 3.05) is 0 Å². The van der Waals surface area contributed by atoms with Crippen molar-refractivity contribution in [3.8, 4) is 0 Å². The first-order valence-corrected chi connectivity index (χ1v) is 11.3. The number of carbonyl (C=O) groups is 1. The van der Waals surface area contributed by atoms with Gasteiger partial charge in [-0.05, 0) is 53.6 Å². The van der Waals surface area contributed by atoms with Gasteiger partial charge in [0.1, 0.15) is 11.6 Å². The number of hydrogen-bond acceptors (Lipinski definition) is 4. The van der Waals surface area contributed by atoms with Crippen molar-refractivity contribution in [1.29, 1.82) is 0 Å². The second kappa shape index (κ2) is 8.98. The Morgan fingerprint density at radius 2 is 1.76 bits per heavy atom. The zero-order valence-electron chi connectivity index (χ0n) is 19.1. The van der Waals surface area contributed by atoms with E-state index in [4.69, 9.17) is 9.40 Å². The van der Waals surface area contributed by atoms with Crippen molar-refractivity contribution in [1.82, 2.24) is 14.5 Å². The molecule has 2 aromatic heterocycles. The summed E-state index contributed by atoms with van der Waals surface area (Å²) < 4.78 is 7.15. The maximum atomic E-state index is 13.9. The molecule has 0 fully saturated rings. The summed E-state index contributed by atoms with van der Waals surface area (Å²) in [6.07, 6.45) is 2.18. The third kappa shape index (κ3) is 3.88. The minimum Gasteiger partial charge on any atom is -0.467 e. The van der Waals surface area contributed by atoms with Gasteiger partial charge in [0.15, 0.2) is 0 Å². The molecule has 1 atom stereocenters. The molecule has 1 unspecified atom stereocenters. The van der Waals surface area contributed by atoms with Gasteiger partial charge in [0.25, 0.3) is 11.5 Å². The summed E-state index contributed by atoms with van der Waals surface area (Å²) in [6.45, 7) is 2.26. The number of carbonyl (C=O) groups excluding carboxylic acids is 1. The molecule has 0 N–H and O–H groups in total. The van der Waals surface area contributed by atoms with Crippen LogP contribution < -0.4 is 5.56 Å². The van der Waals surface area contributed by atoms with Gasteiger partial charge in [-0.2, -0.15) is 0 Å². The van der Waals surface area contributed by atoms with Gasteiger partial charge in [-0.25, -0.2) is 4.98 Å². The summed E-state index contributed by atoms with van der Waals surface area (Å²) >= 11 is 0. The fourth-order valence-corrected chi connectivity index (χ4v) is 4.46. The third-order valence-corrected chi connectivity index (χ3v) is 6.24. The molecule has 6 heteroatoms. The van der Waals surface area contributed by atoms with E-state index in [9.17, 15) is 9.59 Å². The fraction of sp³-hybridized carbons (Fsp3) is 0.179. The topological polar surface area (TPSA) is 68.3 Å². The van der Waals surface area contributed by atoms with E-state index in [0.29, 0.717) is 34.5 Å². The van der Waals surface area contributed by atoms with Gasteiger partial charge in [0.2, 0.25) is 0 Å². The molecular weight excluding hydrogens is 426 g/mol. The normalized spacial score (nSPS) is 12.2. The lowest BCUT2D eigenvalue weighted by atomic mass is 10.0. The number of nitrogens with zero attached hydrogens (tertiary/aromatic N) is 3. The standard InChI is InChI=1S/C28H25N3O3/c1-3-25(26-29-24-13-7-6-12-23(24)28(33)30(26)2)31(18-22-11-8-16-34-22)27(32)21-15-14-19-9-4-5-10-20(19)17-21/h4-17,25H,3,18H2,1-2H3. The van der Waals surface area contributed by atoms with E-state index in [1.165, 1.54) is 0 Å². The Morgan fingerprint density at radius 1 is 1.00 bits per heavy atom. The number of aromatic nitrogens is 2. The van der Waals surface area contributed by atoms with Crippen LogP contribution in [-0.2, 0) is 13.6 Å². The van der Waals surface area contributed by atoms with Crippen molar-refractivity contribution in [2.24, 2.45) is 7.05 Å². The van der Waals surface area contributed by atoms with Gasteiger partial charge in [-0.15, -0.1) is 0 Å². The van der Waals surface area contributed by atoms with Crippen LogP contribution in [0.5, 0.6) is 0 Å². The molecule has 0 aliphatic carbocycles. The monoisotopic (exact) mass is 451 g/mol. The van der Waals surface area contributed by atoms with Crippen molar-refractivity contribution in [2.45, 2.75) is 25.9 Å². The molecule has 170 valence electrons. The van der Waals surface area contributed by atoms with Gasteiger partial charge in [-0.1, -0.05) is 49.4 Å². The minimum atomic E-state index is -0.425. The molecule has 0 radical (unpaired) electrons. The van der Waals surface area contributed by atoms with Crippen molar-refractivity contribution in [3.63, 3.8) is 0 Å². The zero-order valence-corrected chi connectivity index (χ0v) is 19.1. The van der Waals surface area contributed by atoms with Crippen molar-refractivity contribution in [3.05, 3.63) is 113 Å². The van der Waals surface area contributed by atoms with E-state index in [0.717, 1.165) is 10.8 Å². The predicted molar refractivity (Wildman–Crippen MR) is 133 cm³/mol. The zero-order chi connectivity index (χ0) is 23.7. The lowest BCUT2D eigenvalue weighted by molar-refractivity contribution is 0.0622. The Kier molecular flexibility index (Phi) is 5.72. The summed E-state index contributed by atoms with van der Waals surface area (Å²) in [6, 6.07) is 24.2. The second-order valence-corrected chi connectivity index (χ2v) is 8.35. The number of furan rings is 1. The van der Waals surface area contributed by atoms with Crippen LogP contribution in [0, 0.1) is 0 Å². The second-order valence-electron chi connectivity index (χ2n) is 8.35. The first-order valence-electron chi connectivity index (χ1n) is 11.3. The molecule has 0 saturated heterocycles. The predicted octanol–water partition coefficient (Wildman–Crippen LogP) is 5.47. The summed E-state index contributed by atoms with van der Waals surface area (Å²) in [4.78, 5) is 33.6. The van der Waals surface area contributed by atoms with Crippen LogP contribution in [0.3, 0.4) is 0 Å². The average molecular weight is 452 g/mol. The van der Waals surface area contributed by atoms with Gasteiger partial charge in [-0.3, -0.25) is 14.2 Å². The van der Waals surface area contributed by atoms with Crippen LogP contribution in [0.4, 0.5) is 0 Å². The number of amides is 1. The van der Waals surface area contributed by atoms with Crippen molar-refractivity contribution < 1.29 is 9.21 Å². The summed E-state index contributed by atoms with van der Waals surface area (Å²) in [5.41, 5.74) is 1.07. The number of para-hydroxylation sites is 1. The molecular formula is C28H25N3O3. The van der Waals surface area contributed by atoms with E-state index < -0.39 is 6.04 Å². The van der Waals surface area contributed by atoms with E-state index in [1.54, 1.807) is 34.9 Å². The Labute approximate surface area is 197 Å². The van der Waals surface area contributed by atoms with Gasteiger partial charge in [0, 0.05) is 12.6 Å². The number of hydrogen-bond donors (Lipinski definition) is 0. The lowest BCUT2D eigenvalue weighted by Crippen LogP contribution is -2.38. The summed E-state index contributed by atoms with van der Waals surface area (Å²) in [7, 11) is 1.71. The fourth-order valence-electron chi connectivity index (χ4n) is 4.46. The molecule has 0 spiro atoms. The number of benzene rings is 3. The molecule has 0 aliphatic heterocycles. The van der Waals surface area contributed by atoms with Crippen LogP contribution in [0.25, 0.3) is 21.7 Å². The molecule has 6 nitrogen and oxygen atoms in total. The van der Waals surface area contributed by atoms with E-state index >= 15 is 0 Å². The molecule has 0 saturated carbocycles. The molecule has 0 bridgehead atoms. The first kappa shape index (κ1) is 21.6. The quantitative estimate of drug-likeness (QED) is 0.343. The molecule has 0 aliphatic rings. The van der Waals surface area contributed by atoms with Gasteiger partial charge >= 0.3 is 0 Å². The smallest absolute Gasteiger partial charge is 0.261 e. The Morgan fingerprint density at radius 3 is 2.53 bits per heavy atom. The highest BCUT2D eigenvalue weighted by Crippen LogP contribution is 2.28. The molecule has 3 aromatic carbocycles.